The van der Waals surface area contributed by atoms with Crippen molar-refractivity contribution in [3.63, 3.8) is 0 Å². The Bertz CT molecular complexity index is 463. The number of nitrogens with one attached hydrogen (secondary N) is 1. The van der Waals surface area contributed by atoms with Crippen molar-refractivity contribution < 1.29 is 9.53 Å². The van der Waals surface area contributed by atoms with Crippen LogP contribution in [-0.2, 0) is 4.74 Å². The van der Waals surface area contributed by atoms with Gasteiger partial charge in [-0.05, 0) is 18.7 Å². The lowest BCUT2D eigenvalue weighted by molar-refractivity contribution is -0.0192. The first-order chi connectivity index (χ1) is 10.1. The highest BCUT2D eigenvalue weighted by Gasteiger charge is 2.19. The van der Waals surface area contributed by atoms with Crippen LogP contribution in [0.25, 0.3) is 0 Å². The Hall–Kier alpha value is -1.73. The highest BCUT2D eigenvalue weighted by Crippen LogP contribution is 2.08. The van der Waals surface area contributed by atoms with Crippen molar-refractivity contribution in [1.29, 1.82) is 0 Å². The first-order valence-electron chi connectivity index (χ1n) is 7.23. The van der Waals surface area contributed by atoms with E-state index in [1.807, 2.05) is 0 Å². The lowest BCUT2D eigenvalue weighted by Crippen LogP contribution is -2.45. The quantitative estimate of drug-likeness (QED) is 0.842. The van der Waals surface area contributed by atoms with Gasteiger partial charge in [0.2, 0.25) is 0 Å². The zero-order chi connectivity index (χ0) is 15.2. The predicted octanol–water partition coefficient (Wildman–Crippen LogP) is 0.311. The van der Waals surface area contributed by atoms with E-state index in [1.54, 1.807) is 26.2 Å². The number of morpholine rings is 1. The van der Waals surface area contributed by atoms with Crippen LogP contribution < -0.4 is 5.32 Å². The maximum Gasteiger partial charge on any atom is 0.273 e. The van der Waals surface area contributed by atoms with Crippen molar-refractivity contribution in [2.24, 2.45) is 0 Å². The monoisotopic (exact) mass is 293 g/mol. The van der Waals surface area contributed by atoms with Gasteiger partial charge in [-0.1, -0.05) is 6.92 Å². The molecular formula is C14H23N5O2. The number of rotatable bonds is 5. The number of likely N-dealkylation sites (N-methyl/N-ethyl adjacent to an activating group) is 1. The zero-order valence-corrected chi connectivity index (χ0v) is 12.9. The van der Waals surface area contributed by atoms with Crippen molar-refractivity contribution in [3.05, 3.63) is 17.8 Å². The van der Waals surface area contributed by atoms with Crippen LogP contribution in [0.5, 0.6) is 0 Å². The van der Waals surface area contributed by atoms with E-state index in [4.69, 9.17) is 4.74 Å². The average molecular weight is 293 g/mol. The van der Waals surface area contributed by atoms with Gasteiger partial charge in [0.25, 0.3) is 5.91 Å². The maximum atomic E-state index is 11.7. The third kappa shape index (κ3) is 4.37. The molecule has 0 saturated carbocycles. The molecule has 0 bridgehead atoms. The fourth-order valence-corrected chi connectivity index (χ4v) is 2.18. The molecule has 1 amide bonds. The molecule has 2 heterocycles. The SMILES string of the molecule is CCN1CCOC(CNc2ccc(C(=O)N(C)C)nn2)C1. The molecule has 7 heteroatoms. The second-order valence-corrected chi connectivity index (χ2v) is 5.27. The van der Waals surface area contributed by atoms with E-state index in [9.17, 15) is 4.79 Å². The minimum atomic E-state index is -0.150. The van der Waals surface area contributed by atoms with Gasteiger partial charge in [0, 0.05) is 33.7 Å². The summed E-state index contributed by atoms with van der Waals surface area (Å²) in [5.74, 6) is 0.505. The number of carbonyl (C=O) groups is 1. The number of nitrogens with zero attached hydrogens (tertiary/aromatic N) is 4. The molecule has 2 rings (SSSR count). The van der Waals surface area contributed by atoms with Crippen LogP contribution >= 0.6 is 0 Å². The Morgan fingerprint density at radius 3 is 2.90 bits per heavy atom. The smallest absolute Gasteiger partial charge is 0.273 e. The number of hydrogen-bond donors (Lipinski definition) is 1. The molecule has 1 aromatic heterocycles. The number of amides is 1. The van der Waals surface area contributed by atoms with Crippen molar-refractivity contribution in [2.45, 2.75) is 13.0 Å². The Kier molecular flexibility index (Phi) is 5.46. The number of aromatic nitrogens is 2. The minimum Gasteiger partial charge on any atom is -0.374 e. The summed E-state index contributed by atoms with van der Waals surface area (Å²) in [7, 11) is 3.38. The van der Waals surface area contributed by atoms with E-state index in [1.165, 1.54) is 4.90 Å². The second-order valence-electron chi connectivity index (χ2n) is 5.27. The first-order valence-corrected chi connectivity index (χ1v) is 7.23. The van der Waals surface area contributed by atoms with Gasteiger partial charge in [0.05, 0.1) is 12.7 Å². The molecule has 0 aliphatic carbocycles. The van der Waals surface area contributed by atoms with Crippen LogP contribution in [0.2, 0.25) is 0 Å². The molecule has 1 unspecified atom stereocenters. The van der Waals surface area contributed by atoms with Gasteiger partial charge in [-0.15, -0.1) is 10.2 Å². The first kappa shape index (κ1) is 15.7. The molecule has 1 aliphatic rings. The van der Waals surface area contributed by atoms with E-state index >= 15 is 0 Å². The van der Waals surface area contributed by atoms with E-state index in [2.05, 4.69) is 27.3 Å². The van der Waals surface area contributed by atoms with Gasteiger partial charge in [-0.2, -0.15) is 0 Å². The van der Waals surface area contributed by atoms with Crippen molar-refractivity contribution in [2.75, 3.05) is 52.2 Å². The molecule has 0 spiro atoms. The number of hydrogen-bond acceptors (Lipinski definition) is 6. The molecule has 1 N–H and O–H groups in total. The van der Waals surface area contributed by atoms with Crippen LogP contribution in [0.3, 0.4) is 0 Å². The maximum absolute atomic E-state index is 11.7. The Morgan fingerprint density at radius 2 is 2.29 bits per heavy atom. The van der Waals surface area contributed by atoms with Gasteiger partial charge in [-0.25, -0.2) is 0 Å². The van der Waals surface area contributed by atoms with E-state index in [0.717, 1.165) is 26.2 Å². The number of carbonyl (C=O) groups excluding carboxylic acids is 1. The topological polar surface area (TPSA) is 70.6 Å². The number of anilines is 1. The Balaban J connectivity index is 1.85. The summed E-state index contributed by atoms with van der Waals surface area (Å²) in [6.07, 6.45) is 0.156. The summed E-state index contributed by atoms with van der Waals surface area (Å²) in [6.45, 7) is 6.57. The summed E-state index contributed by atoms with van der Waals surface area (Å²) in [6, 6.07) is 3.45. The molecule has 1 aliphatic heterocycles. The summed E-state index contributed by atoms with van der Waals surface area (Å²) in [4.78, 5) is 15.5. The summed E-state index contributed by atoms with van der Waals surface area (Å²) < 4.78 is 5.71. The highest BCUT2D eigenvalue weighted by atomic mass is 16.5. The van der Waals surface area contributed by atoms with Crippen LogP contribution in [0, 0.1) is 0 Å². The predicted molar refractivity (Wildman–Crippen MR) is 80.4 cm³/mol. The molecule has 1 aromatic rings. The van der Waals surface area contributed by atoms with Crippen LogP contribution in [0.4, 0.5) is 5.82 Å². The summed E-state index contributed by atoms with van der Waals surface area (Å²) in [5, 5.41) is 11.2. The Morgan fingerprint density at radius 1 is 1.48 bits per heavy atom. The van der Waals surface area contributed by atoms with Gasteiger partial charge in [0.15, 0.2) is 5.69 Å². The fourth-order valence-electron chi connectivity index (χ4n) is 2.18. The largest absolute Gasteiger partial charge is 0.374 e. The minimum absolute atomic E-state index is 0.150. The summed E-state index contributed by atoms with van der Waals surface area (Å²) in [5.41, 5.74) is 0.344. The number of ether oxygens (including phenoxy) is 1. The second kappa shape index (κ2) is 7.33. The molecule has 7 nitrogen and oxygen atoms in total. The Labute approximate surface area is 125 Å². The van der Waals surface area contributed by atoms with Gasteiger partial charge in [-0.3, -0.25) is 9.69 Å². The van der Waals surface area contributed by atoms with Crippen molar-refractivity contribution in [1.82, 2.24) is 20.0 Å². The molecule has 1 saturated heterocycles. The van der Waals surface area contributed by atoms with Gasteiger partial charge < -0.3 is 15.0 Å². The standard InChI is InChI=1S/C14H23N5O2/c1-4-19-7-8-21-11(10-19)9-15-13-6-5-12(16-17-13)14(20)18(2)3/h5-6,11H,4,7-10H2,1-3H3,(H,15,17). The fraction of sp³-hybridized carbons (Fsp3) is 0.643. The lowest BCUT2D eigenvalue weighted by Gasteiger charge is -2.32. The van der Waals surface area contributed by atoms with Crippen LogP contribution in [0.15, 0.2) is 12.1 Å². The third-order valence-corrected chi connectivity index (χ3v) is 3.47. The molecule has 1 atom stereocenters. The van der Waals surface area contributed by atoms with Crippen LogP contribution in [-0.4, -0.2) is 78.9 Å². The summed E-state index contributed by atoms with van der Waals surface area (Å²) >= 11 is 0. The molecule has 0 aromatic carbocycles. The van der Waals surface area contributed by atoms with Crippen molar-refractivity contribution >= 4 is 11.7 Å². The van der Waals surface area contributed by atoms with E-state index < -0.39 is 0 Å². The van der Waals surface area contributed by atoms with E-state index in [0.29, 0.717) is 18.1 Å². The van der Waals surface area contributed by atoms with Crippen LogP contribution in [0.1, 0.15) is 17.4 Å². The average Bonchev–Trinajstić information content (AvgIpc) is 2.53. The van der Waals surface area contributed by atoms with Gasteiger partial charge >= 0.3 is 0 Å². The van der Waals surface area contributed by atoms with Gasteiger partial charge in [0.1, 0.15) is 5.82 Å². The zero-order valence-electron chi connectivity index (χ0n) is 12.9. The normalized spacial score (nSPS) is 19.3. The molecule has 116 valence electrons. The van der Waals surface area contributed by atoms with E-state index in [-0.39, 0.29) is 12.0 Å². The molecular weight excluding hydrogens is 270 g/mol. The molecule has 0 radical (unpaired) electrons. The molecule has 21 heavy (non-hydrogen) atoms. The lowest BCUT2D eigenvalue weighted by atomic mass is 10.2. The third-order valence-electron chi connectivity index (χ3n) is 3.47. The van der Waals surface area contributed by atoms with Crippen molar-refractivity contribution in [3.8, 4) is 0 Å². The molecule has 1 fully saturated rings. The highest BCUT2D eigenvalue weighted by molar-refractivity contribution is 5.91.